The Morgan fingerprint density at radius 3 is 1.94 bits per heavy atom. The Labute approximate surface area is 94.3 Å². The number of nitriles is 1. The minimum Gasteiger partial charge on any atom is -0.493 e. The second kappa shape index (κ2) is 5.24. The van der Waals surface area contributed by atoms with E-state index >= 15 is 0 Å². The van der Waals surface area contributed by atoms with Crippen LogP contribution in [0.2, 0.25) is 0 Å². The second-order valence-corrected chi connectivity index (χ2v) is 3.07. The number of ether oxygens (including phenoxy) is 3. The van der Waals surface area contributed by atoms with Gasteiger partial charge in [-0.1, -0.05) is 0 Å². The van der Waals surface area contributed by atoms with E-state index in [1.54, 1.807) is 12.1 Å². The fourth-order valence-corrected chi connectivity index (χ4v) is 1.36. The lowest BCUT2D eigenvalue weighted by Gasteiger charge is -2.14. The van der Waals surface area contributed by atoms with E-state index in [0.29, 0.717) is 22.8 Å². The molecule has 0 saturated heterocycles. The first-order valence-corrected chi connectivity index (χ1v) is 4.63. The Morgan fingerprint density at radius 1 is 1.12 bits per heavy atom. The van der Waals surface area contributed by atoms with E-state index in [-0.39, 0.29) is 0 Å². The first-order valence-electron chi connectivity index (χ1n) is 4.63. The van der Waals surface area contributed by atoms with Crippen molar-refractivity contribution < 1.29 is 14.2 Å². The van der Waals surface area contributed by atoms with Crippen LogP contribution in [0, 0.1) is 11.3 Å². The van der Waals surface area contributed by atoms with Crippen molar-refractivity contribution in [3.63, 3.8) is 0 Å². The van der Waals surface area contributed by atoms with Crippen LogP contribution in [0.4, 0.5) is 0 Å². The minimum absolute atomic E-state index is 0.485. The number of nitrogens with two attached hydrogens (primary N) is 1. The van der Waals surface area contributed by atoms with Crippen LogP contribution in [-0.4, -0.2) is 21.3 Å². The van der Waals surface area contributed by atoms with Gasteiger partial charge in [-0.3, -0.25) is 0 Å². The largest absolute Gasteiger partial charge is 0.493 e. The van der Waals surface area contributed by atoms with E-state index in [4.69, 9.17) is 25.2 Å². The summed E-state index contributed by atoms with van der Waals surface area (Å²) in [7, 11) is 4.54. The molecular weight excluding hydrogens is 208 g/mol. The molecule has 1 aromatic carbocycles. The molecule has 0 aliphatic heterocycles. The first-order chi connectivity index (χ1) is 7.67. The summed E-state index contributed by atoms with van der Waals surface area (Å²) in [6.45, 7) is 0. The van der Waals surface area contributed by atoms with Crippen LogP contribution >= 0.6 is 0 Å². The molecule has 0 radical (unpaired) electrons. The Balaban J connectivity index is 3.32. The lowest BCUT2D eigenvalue weighted by Crippen LogP contribution is -2.08. The summed E-state index contributed by atoms with van der Waals surface area (Å²) in [6.07, 6.45) is 0. The Kier molecular flexibility index (Phi) is 3.97. The van der Waals surface area contributed by atoms with Crippen LogP contribution in [0.3, 0.4) is 0 Å². The zero-order valence-corrected chi connectivity index (χ0v) is 9.48. The molecule has 0 saturated carbocycles. The van der Waals surface area contributed by atoms with Crippen molar-refractivity contribution in [1.82, 2.24) is 0 Å². The van der Waals surface area contributed by atoms with Gasteiger partial charge < -0.3 is 19.9 Å². The number of hydrogen-bond donors (Lipinski definition) is 1. The van der Waals surface area contributed by atoms with Gasteiger partial charge in [0.05, 0.1) is 27.4 Å². The van der Waals surface area contributed by atoms with E-state index in [2.05, 4.69) is 0 Å². The maximum absolute atomic E-state index is 8.75. The fraction of sp³-hybridized carbons (Fsp3) is 0.364. The van der Waals surface area contributed by atoms with Gasteiger partial charge in [0.15, 0.2) is 11.5 Å². The van der Waals surface area contributed by atoms with E-state index < -0.39 is 6.04 Å². The SMILES string of the molecule is COc1cc([C@@H](N)C#N)cc(OC)c1OC. The first kappa shape index (κ1) is 12.1. The molecule has 0 bridgehead atoms. The zero-order valence-electron chi connectivity index (χ0n) is 9.48. The molecule has 16 heavy (non-hydrogen) atoms. The van der Waals surface area contributed by atoms with E-state index in [1.165, 1.54) is 21.3 Å². The normalized spacial score (nSPS) is 11.4. The van der Waals surface area contributed by atoms with E-state index in [0.717, 1.165) is 0 Å². The molecule has 0 aliphatic carbocycles. The molecule has 0 heterocycles. The highest BCUT2D eigenvalue weighted by Crippen LogP contribution is 2.39. The van der Waals surface area contributed by atoms with Gasteiger partial charge in [0.1, 0.15) is 6.04 Å². The van der Waals surface area contributed by atoms with Gasteiger partial charge in [-0.05, 0) is 17.7 Å². The standard InChI is InChI=1S/C11H14N2O3/c1-14-9-4-7(8(13)6-12)5-10(15-2)11(9)16-3/h4-5,8H,13H2,1-3H3/t8-/m0/s1. The summed E-state index contributed by atoms with van der Waals surface area (Å²) in [5, 5.41) is 8.75. The van der Waals surface area contributed by atoms with Gasteiger partial charge in [-0.2, -0.15) is 5.26 Å². The topological polar surface area (TPSA) is 77.5 Å². The van der Waals surface area contributed by atoms with Crippen LogP contribution in [-0.2, 0) is 0 Å². The van der Waals surface area contributed by atoms with Crippen molar-refractivity contribution in [3.8, 4) is 23.3 Å². The van der Waals surface area contributed by atoms with Crippen LogP contribution in [0.15, 0.2) is 12.1 Å². The molecule has 5 nitrogen and oxygen atoms in total. The molecule has 5 heteroatoms. The molecule has 0 unspecified atom stereocenters. The molecule has 0 aliphatic rings. The summed E-state index contributed by atoms with van der Waals surface area (Å²) < 4.78 is 15.4. The zero-order chi connectivity index (χ0) is 12.1. The Morgan fingerprint density at radius 2 is 1.62 bits per heavy atom. The molecule has 0 fully saturated rings. The molecule has 1 atom stereocenters. The van der Waals surface area contributed by atoms with Gasteiger partial charge in [-0.15, -0.1) is 0 Å². The highest BCUT2D eigenvalue weighted by atomic mass is 16.5. The molecule has 1 aromatic rings. The Bertz CT molecular complexity index is 387. The van der Waals surface area contributed by atoms with Crippen LogP contribution in [0.25, 0.3) is 0 Å². The summed E-state index contributed by atoms with van der Waals surface area (Å²) in [5.41, 5.74) is 6.24. The van der Waals surface area contributed by atoms with Gasteiger partial charge in [0.25, 0.3) is 0 Å². The number of nitrogens with zero attached hydrogens (tertiary/aromatic N) is 1. The van der Waals surface area contributed by atoms with Crippen molar-refractivity contribution in [3.05, 3.63) is 17.7 Å². The predicted molar refractivity (Wildman–Crippen MR) is 58.6 cm³/mol. The van der Waals surface area contributed by atoms with Gasteiger partial charge in [0.2, 0.25) is 5.75 Å². The predicted octanol–water partition coefficient (Wildman–Crippen LogP) is 1.24. The van der Waals surface area contributed by atoms with Crippen molar-refractivity contribution in [2.45, 2.75) is 6.04 Å². The second-order valence-electron chi connectivity index (χ2n) is 3.07. The van der Waals surface area contributed by atoms with E-state index in [1.807, 2.05) is 6.07 Å². The third-order valence-corrected chi connectivity index (χ3v) is 2.19. The quantitative estimate of drug-likeness (QED) is 0.829. The van der Waals surface area contributed by atoms with Gasteiger partial charge in [0, 0.05) is 0 Å². The number of hydrogen-bond acceptors (Lipinski definition) is 5. The van der Waals surface area contributed by atoms with Gasteiger partial charge in [-0.25, -0.2) is 0 Å². The molecule has 86 valence electrons. The van der Waals surface area contributed by atoms with Gasteiger partial charge >= 0.3 is 0 Å². The fourth-order valence-electron chi connectivity index (χ4n) is 1.36. The molecule has 2 N–H and O–H groups in total. The third kappa shape index (κ3) is 2.18. The number of methoxy groups -OCH3 is 3. The van der Waals surface area contributed by atoms with Crippen molar-refractivity contribution in [2.75, 3.05) is 21.3 Å². The van der Waals surface area contributed by atoms with Crippen molar-refractivity contribution in [1.29, 1.82) is 5.26 Å². The number of rotatable bonds is 4. The lowest BCUT2D eigenvalue weighted by atomic mass is 10.1. The van der Waals surface area contributed by atoms with Crippen molar-refractivity contribution in [2.24, 2.45) is 5.73 Å². The average molecular weight is 222 g/mol. The molecule has 1 rings (SSSR count). The van der Waals surface area contributed by atoms with E-state index in [9.17, 15) is 0 Å². The molecule has 0 aromatic heterocycles. The van der Waals surface area contributed by atoms with Crippen LogP contribution in [0.5, 0.6) is 17.2 Å². The summed E-state index contributed by atoms with van der Waals surface area (Å²) in [6, 6.07) is 4.56. The highest BCUT2D eigenvalue weighted by molar-refractivity contribution is 5.54. The Hall–Kier alpha value is -1.93. The van der Waals surface area contributed by atoms with Crippen LogP contribution < -0.4 is 19.9 Å². The minimum atomic E-state index is -0.714. The summed E-state index contributed by atoms with van der Waals surface area (Å²) in [5.74, 6) is 1.46. The highest BCUT2D eigenvalue weighted by Gasteiger charge is 2.15. The van der Waals surface area contributed by atoms with Crippen LogP contribution in [0.1, 0.15) is 11.6 Å². The summed E-state index contributed by atoms with van der Waals surface area (Å²) in [4.78, 5) is 0. The third-order valence-electron chi connectivity index (χ3n) is 2.19. The maximum atomic E-state index is 8.75. The number of benzene rings is 1. The molecular formula is C11H14N2O3. The maximum Gasteiger partial charge on any atom is 0.203 e. The van der Waals surface area contributed by atoms with Crippen molar-refractivity contribution >= 4 is 0 Å². The lowest BCUT2D eigenvalue weighted by molar-refractivity contribution is 0.323. The average Bonchev–Trinajstić information content (AvgIpc) is 2.35. The monoisotopic (exact) mass is 222 g/mol. The molecule has 0 amide bonds. The summed E-state index contributed by atoms with van der Waals surface area (Å²) >= 11 is 0. The smallest absolute Gasteiger partial charge is 0.203 e. The molecule has 0 spiro atoms.